The fraction of sp³-hybridized carbons (Fsp3) is 0.154. The summed E-state index contributed by atoms with van der Waals surface area (Å²) in [6.45, 7) is 2.05. The summed E-state index contributed by atoms with van der Waals surface area (Å²) in [5.41, 5.74) is 1.97. The van der Waals surface area contributed by atoms with Crippen LogP contribution >= 0.6 is 55.0 Å². The number of thiophene rings is 1. The smallest absolute Gasteiger partial charge is 0.175 e. The van der Waals surface area contributed by atoms with Crippen molar-refractivity contribution < 1.29 is 4.79 Å². The maximum Gasteiger partial charge on any atom is 0.175 e. The molecule has 0 aliphatic carbocycles. The molecule has 2 aromatic rings. The lowest BCUT2D eigenvalue weighted by atomic mass is 10.2. The van der Waals surface area contributed by atoms with Gasteiger partial charge in [-0.15, -0.1) is 23.1 Å². The minimum absolute atomic E-state index is 0.148. The zero-order valence-corrected chi connectivity index (χ0v) is 14.4. The largest absolute Gasteiger partial charge is 0.293 e. The number of Topliss-reactive ketones (excluding diaryl/α,β-unsaturated/α-hetero) is 1. The van der Waals surface area contributed by atoms with Gasteiger partial charge in [0, 0.05) is 10.5 Å². The van der Waals surface area contributed by atoms with Gasteiger partial charge < -0.3 is 0 Å². The predicted molar refractivity (Wildman–Crippen MR) is 86.0 cm³/mol. The number of ketones is 1. The van der Waals surface area contributed by atoms with E-state index in [-0.39, 0.29) is 5.78 Å². The molecule has 0 atom stereocenters. The Balaban J connectivity index is 2.03. The maximum absolute atomic E-state index is 12.1. The van der Waals surface area contributed by atoms with E-state index in [1.54, 1.807) is 11.8 Å². The number of benzene rings is 1. The molecule has 0 bridgehead atoms. The Hall–Kier alpha value is -0.100. The third kappa shape index (κ3) is 3.70. The zero-order valence-electron chi connectivity index (χ0n) is 9.57. The average molecular weight is 406 g/mol. The van der Waals surface area contributed by atoms with Gasteiger partial charge in [0.1, 0.15) is 0 Å². The quantitative estimate of drug-likeness (QED) is 0.489. The van der Waals surface area contributed by atoms with Crippen molar-refractivity contribution in [2.75, 3.05) is 5.75 Å². The van der Waals surface area contributed by atoms with E-state index in [2.05, 4.69) is 50.9 Å². The highest BCUT2D eigenvalue weighted by molar-refractivity contribution is 9.12. The first-order valence-electron chi connectivity index (χ1n) is 5.24. The van der Waals surface area contributed by atoms with Crippen LogP contribution in [0.15, 0.2) is 42.8 Å². The van der Waals surface area contributed by atoms with Crippen LogP contribution < -0.4 is 0 Å². The number of halogens is 2. The van der Waals surface area contributed by atoms with E-state index in [1.807, 2.05) is 18.2 Å². The first-order valence-corrected chi connectivity index (χ1v) is 8.62. The van der Waals surface area contributed by atoms with Crippen LogP contribution in [0, 0.1) is 6.92 Å². The average Bonchev–Trinajstić information content (AvgIpc) is 2.66. The summed E-state index contributed by atoms with van der Waals surface area (Å²) >= 11 is 9.90. The third-order valence-corrected chi connectivity index (χ3v) is 5.65. The maximum atomic E-state index is 12.1. The molecule has 0 saturated heterocycles. The van der Waals surface area contributed by atoms with Gasteiger partial charge >= 0.3 is 0 Å². The van der Waals surface area contributed by atoms with Crippen LogP contribution in [0.1, 0.15) is 15.9 Å². The highest BCUT2D eigenvalue weighted by Gasteiger charge is 2.13. The SMILES string of the molecule is Cc1cccc(SCC(=O)c2cc(Br)sc2Br)c1. The number of thioether (sulfide) groups is 1. The molecule has 0 radical (unpaired) electrons. The van der Waals surface area contributed by atoms with E-state index in [4.69, 9.17) is 0 Å². The molecular weight excluding hydrogens is 396 g/mol. The Labute approximate surface area is 131 Å². The van der Waals surface area contributed by atoms with E-state index >= 15 is 0 Å². The van der Waals surface area contributed by atoms with E-state index < -0.39 is 0 Å². The van der Waals surface area contributed by atoms with Gasteiger partial charge in [0.2, 0.25) is 0 Å². The molecule has 18 heavy (non-hydrogen) atoms. The standard InChI is InChI=1S/C13H10Br2OS2/c1-8-3-2-4-9(5-8)17-7-11(16)10-6-12(14)18-13(10)15/h2-6H,7H2,1H3. The van der Waals surface area contributed by atoms with Crippen molar-refractivity contribution in [1.82, 2.24) is 0 Å². The summed E-state index contributed by atoms with van der Waals surface area (Å²) in [5.74, 6) is 0.612. The zero-order chi connectivity index (χ0) is 13.1. The molecule has 0 N–H and O–H groups in total. The summed E-state index contributed by atoms with van der Waals surface area (Å²) in [6.07, 6.45) is 0. The Kier molecular flexibility index (Phi) is 5.06. The van der Waals surface area contributed by atoms with Gasteiger partial charge in [-0.1, -0.05) is 17.7 Å². The van der Waals surface area contributed by atoms with Gasteiger partial charge in [0.05, 0.1) is 13.3 Å². The molecule has 0 amide bonds. The van der Waals surface area contributed by atoms with Crippen LogP contribution in [0.25, 0.3) is 0 Å². The Morgan fingerprint density at radius 2 is 2.11 bits per heavy atom. The van der Waals surface area contributed by atoms with Gasteiger partial charge in [-0.05, 0) is 57.0 Å². The second kappa shape index (κ2) is 6.37. The van der Waals surface area contributed by atoms with E-state index in [9.17, 15) is 4.79 Å². The Morgan fingerprint density at radius 1 is 1.33 bits per heavy atom. The van der Waals surface area contributed by atoms with Gasteiger partial charge in [0.15, 0.2) is 5.78 Å². The fourth-order valence-electron chi connectivity index (χ4n) is 1.46. The minimum atomic E-state index is 0.148. The normalized spacial score (nSPS) is 10.6. The molecule has 2 rings (SSSR count). The summed E-state index contributed by atoms with van der Waals surface area (Å²) in [7, 11) is 0. The molecule has 1 aromatic heterocycles. The topological polar surface area (TPSA) is 17.1 Å². The summed E-state index contributed by atoms with van der Waals surface area (Å²) < 4.78 is 1.86. The van der Waals surface area contributed by atoms with E-state index in [0.29, 0.717) is 5.75 Å². The predicted octanol–water partition coefficient (Wildman–Crippen LogP) is 5.56. The first kappa shape index (κ1) is 14.3. The van der Waals surface area contributed by atoms with Gasteiger partial charge in [-0.2, -0.15) is 0 Å². The Morgan fingerprint density at radius 3 is 2.72 bits per heavy atom. The fourth-order valence-corrected chi connectivity index (χ4v) is 5.22. The van der Waals surface area contributed by atoms with Crippen molar-refractivity contribution in [2.45, 2.75) is 11.8 Å². The van der Waals surface area contributed by atoms with Gasteiger partial charge in [-0.3, -0.25) is 4.79 Å². The minimum Gasteiger partial charge on any atom is -0.293 e. The van der Waals surface area contributed by atoms with E-state index in [1.165, 1.54) is 16.9 Å². The molecule has 94 valence electrons. The van der Waals surface area contributed by atoms with Crippen molar-refractivity contribution >= 4 is 60.7 Å². The van der Waals surface area contributed by atoms with Gasteiger partial charge in [0.25, 0.3) is 0 Å². The highest BCUT2D eigenvalue weighted by Crippen LogP contribution is 2.33. The first-order chi connectivity index (χ1) is 8.56. The van der Waals surface area contributed by atoms with Gasteiger partial charge in [-0.25, -0.2) is 0 Å². The highest BCUT2D eigenvalue weighted by atomic mass is 79.9. The number of carbonyl (C=O) groups excluding carboxylic acids is 1. The number of hydrogen-bond donors (Lipinski definition) is 0. The number of aryl methyl sites for hydroxylation is 1. The lowest BCUT2D eigenvalue weighted by Gasteiger charge is -2.01. The molecule has 0 spiro atoms. The Bertz CT molecular complexity index is 578. The summed E-state index contributed by atoms with van der Waals surface area (Å²) in [6, 6.07) is 10.1. The summed E-state index contributed by atoms with van der Waals surface area (Å²) in [5, 5.41) is 0. The second-order valence-corrected chi connectivity index (χ2v) is 8.56. The van der Waals surface area contributed by atoms with E-state index in [0.717, 1.165) is 18.0 Å². The lowest BCUT2D eigenvalue weighted by molar-refractivity contribution is 0.102. The van der Waals surface area contributed by atoms with Crippen LogP contribution in [-0.2, 0) is 0 Å². The van der Waals surface area contributed by atoms with Crippen LogP contribution in [0.2, 0.25) is 0 Å². The lowest BCUT2D eigenvalue weighted by Crippen LogP contribution is -2.01. The monoisotopic (exact) mass is 404 g/mol. The molecule has 1 nitrogen and oxygen atoms in total. The van der Waals surface area contributed by atoms with Crippen LogP contribution in [0.3, 0.4) is 0 Å². The van der Waals surface area contributed by atoms with Crippen LogP contribution in [0.4, 0.5) is 0 Å². The molecule has 0 saturated carbocycles. The molecule has 0 unspecified atom stereocenters. The second-order valence-electron chi connectivity index (χ2n) is 3.77. The molecule has 0 aliphatic heterocycles. The molecule has 1 heterocycles. The molecule has 0 fully saturated rings. The third-order valence-electron chi connectivity index (χ3n) is 2.32. The van der Waals surface area contributed by atoms with Crippen molar-refractivity contribution in [3.8, 4) is 0 Å². The number of rotatable bonds is 4. The molecule has 1 aromatic carbocycles. The molecule has 0 aliphatic rings. The van der Waals surface area contributed by atoms with Crippen molar-refractivity contribution in [3.63, 3.8) is 0 Å². The van der Waals surface area contributed by atoms with Crippen LogP contribution in [-0.4, -0.2) is 11.5 Å². The summed E-state index contributed by atoms with van der Waals surface area (Å²) in [4.78, 5) is 13.2. The molecule has 5 heteroatoms. The molecular formula is C13H10Br2OS2. The number of carbonyl (C=O) groups is 1. The van der Waals surface area contributed by atoms with Crippen molar-refractivity contribution in [2.24, 2.45) is 0 Å². The van der Waals surface area contributed by atoms with Crippen molar-refractivity contribution in [1.29, 1.82) is 0 Å². The van der Waals surface area contributed by atoms with Crippen molar-refractivity contribution in [3.05, 3.63) is 49.0 Å². The van der Waals surface area contributed by atoms with Crippen LogP contribution in [0.5, 0.6) is 0 Å². The number of hydrogen-bond acceptors (Lipinski definition) is 3.